The van der Waals surface area contributed by atoms with E-state index in [0.717, 1.165) is 4.88 Å². The van der Waals surface area contributed by atoms with E-state index in [0.29, 0.717) is 6.42 Å². The average molecular weight is 330 g/mol. The molecule has 0 radical (unpaired) electrons. The van der Waals surface area contributed by atoms with Gasteiger partial charge in [0.15, 0.2) is 5.25 Å². The molecule has 1 rings (SSSR count). The van der Waals surface area contributed by atoms with Crippen LogP contribution >= 0.6 is 11.3 Å². The molecule has 116 valence electrons. The molecule has 0 aliphatic rings. The number of carbonyl (C=O) groups is 1. The van der Waals surface area contributed by atoms with E-state index in [4.69, 9.17) is 10.00 Å². The summed E-state index contributed by atoms with van der Waals surface area (Å²) in [6, 6.07) is 3.36. The molecule has 8 heteroatoms. The Morgan fingerprint density at radius 1 is 1.48 bits per heavy atom. The number of nitriles is 1. The SMILES string of the molecule is CCOC(=O)c1cc(CC)sc1NS(=O)(=O)C(C#N)CC. The van der Waals surface area contributed by atoms with E-state index in [2.05, 4.69) is 4.72 Å². The maximum Gasteiger partial charge on any atom is 0.341 e. The lowest BCUT2D eigenvalue weighted by atomic mass is 10.2. The molecule has 0 aromatic carbocycles. The van der Waals surface area contributed by atoms with Crippen LogP contribution in [0.5, 0.6) is 0 Å². The van der Waals surface area contributed by atoms with Crippen LogP contribution in [0.3, 0.4) is 0 Å². The van der Waals surface area contributed by atoms with Crippen LogP contribution in [-0.4, -0.2) is 26.2 Å². The Morgan fingerprint density at radius 2 is 2.14 bits per heavy atom. The number of carbonyl (C=O) groups excluding carboxylic acids is 1. The number of hydrogen-bond donors (Lipinski definition) is 1. The fraction of sp³-hybridized carbons (Fsp3) is 0.538. The Balaban J connectivity index is 3.16. The van der Waals surface area contributed by atoms with Gasteiger partial charge in [0.05, 0.1) is 18.2 Å². The molecule has 0 amide bonds. The first-order valence-electron chi connectivity index (χ1n) is 6.60. The summed E-state index contributed by atoms with van der Waals surface area (Å²) in [7, 11) is -3.85. The van der Waals surface area contributed by atoms with Gasteiger partial charge in [0.25, 0.3) is 0 Å². The molecular weight excluding hydrogens is 312 g/mol. The third-order valence-corrected chi connectivity index (χ3v) is 5.75. The van der Waals surface area contributed by atoms with Crippen molar-refractivity contribution in [2.24, 2.45) is 0 Å². The van der Waals surface area contributed by atoms with Gasteiger partial charge in [-0.05, 0) is 25.8 Å². The number of aryl methyl sites for hydroxylation is 1. The second-order valence-corrected chi connectivity index (χ2v) is 7.20. The molecule has 1 N–H and O–H groups in total. The first-order valence-corrected chi connectivity index (χ1v) is 8.96. The van der Waals surface area contributed by atoms with Crippen molar-refractivity contribution < 1.29 is 17.9 Å². The molecule has 6 nitrogen and oxygen atoms in total. The fourth-order valence-corrected chi connectivity index (χ4v) is 4.07. The van der Waals surface area contributed by atoms with Gasteiger partial charge in [0.1, 0.15) is 5.00 Å². The van der Waals surface area contributed by atoms with Crippen LogP contribution in [0.4, 0.5) is 5.00 Å². The molecular formula is C13H18N2O4S2. The zero-order valence-electron chi connectivity index (χ0n) is 12.2. The summed E-state index contributed by atoms with van der Waals surface area (Å²) < 4.78 is 31.5. The molecule has 0 saturated carbocycles. The van der Waals surface area contributed by atoms with E-state index in [1.165, 1.54) is 11.3 Å². The quantitative estimate of drug-likeness (QED) is 0.775. The van der Waals surface area contributed by atoms with Crippen molar-refractivity contribution >= 4 is 32.3 Å². The van der Waals surface area contributed by atoms with Gasteiger partial charge in [-0.25, -0.2) is 13.2 Å². The number of nitrogens with one attached hydrogen (secondary N) is 1. The summed E-state index contributed by atoms with van der Waals surface area (Å²) >= 11 is 1.18. The number of ether oxygens (including phenoxy) is 1. The molecule has 0 saturated heterocycles. The highest BCUT2D eigenvalue weighted by atomic mass is 32.2. The van der Waals surface area contributed by atoms with Gasteiger partial charge in [-0.15, -0.1) is 11.3 Å². The van der Waals surface area contributed by atoms with Crippen LogP contribution in [-0.2, 0) is 21.2 Å². The van der Waals surface area contributed by atoms with E-state index >= 15 is 0 Å². The maximum absolute atomic E-state index is 12.1. The lowest BCUT2D eigenvalue weighted by Gasteiger charge is -2.11. The number of rotatable bonds is 7. The number of hydrogen-bond acceptors (Lipinski definition) is 6. The fourth-order valence-electron chi connectivity index (χ4n) is 1.63. The molecule has 1 unspecified atom stereocenters. The molecule has 1 heterocycles. The third-order valence-electron chi connectivity index (χ3n) is 2.75. The van der Waals surface area contributed by atoms with E-state index in [1.807, 2.05) is 6.92 Å². The van der Waals surface area contributed by atoms with Gasteiger partial charge < -0.3 is 4.74 Å². The third kappa shape index (κ3) is 4.19. The first kappa shape index (κ1) is 17.5. The molecule has 1 atom stereocenters. The zero-order chi connectivity index (χ0) is 16.0. The topological polar surface area (TPSA) is 96.3 Å². The van der Waals surface area contributed by atoms with Gasteiger partial charge in [0, 0.05) is 4.88 Å². The number of thiophene rings is 1. The van der Waals surface area contributed by atoms with Crippen molar-refractivity contribution in [1.82, 2.24) is 0 Å². The van der Waals surface area contributed by atoms with Crippen LogP contribution in [0.15, 0.2) is 6.07 Å². The Hall–Kier alpha value is -1.59. The van der Waals surface area contributed by atoms with E-state index in [9.17, 15) is 13.2 Å². The molecule has 0 fully saturated rings. The Labute approximate surface area is 128 Å². The van der Waals surface area contributed by atoms with E-state index in [1.54, 1.807) is 26.0 Å². The Bertz CT molecular complexity index is 644. The average Bonchev–Trinajstić information content (AvgIpc) is 2.82. The highest BCUT2D eigenvalue weighted by molar-refractivity contribution is 7.93. The Morgan fingerprint density at radius 3 is 2.62 bits per heavy atom. The van der Waals surface area contributed by atoms with Gasteiger partial charge >= 0.3 is 5.97 Å². The maximum atomic E-state index is 12.1. The number of anilines is 1. The Kier molecular flexibility index (Phi) is 6.18. The molecule has 21 heavy (non-hydrogen) atoms. The van der Waals surface area contributed by atoms with Crippen LogP contribution < -0.4 is 4.72 Å². The predicted molar refractivity (Wildman–Crippen MR) is 81.9 cm³/mol. The summed E-state index contributed by atoms with van der Waals surface area (Å²) in [4.78, 5) is 12.7. The van der Waals surface area contributed by atoms with E-state index in [-0.39, 0.29) is 23.6 Å². The van der Waals surface area contributed by atoms with Crippen molar-refractivity contribution in [3.8, 4) is 6.07 Å². The largest absolute Gasteiger partial charge is 0.462 e. The van der Waals surface area contributed by atoms with Crippen LogP contribution in [0.1, 0.15) is 42.4 Å². The first-order chi connectivity index (χ1) is 9.89. The minimum absolute atomic E-state index is 0.173. The van der Waals surface area contributed by atoms with Crippen molar-refractivity contribution in [2.75, 3.05) is 11.3 Å². The number of sulfonamides is 1. The summed E-state index contributed by atoms with van der Waals surface area (Å²) in [6.45, 7) is 5.41. The van der Waals surface area contributed by atoms with Gasteiger partial charge in [0.2, 0.25) is 10.0 Å². The second-order valence-electron chi connectivity index (χ2n) is 4.20. The van der Waals surface area contributed by atoms with Crippen molar-refractivity contribution in [3.05, 3.63) is 16.5 Å². The predicted octanol–water partition coefficient (Wildman–Crippen LogP) is 2.53. The zero-order valence-corrected chi connectivity index (χ0v) is 13.8. The smallest absolute Gasteiger partial charge is 0.341 e. The second kappa shape index (κ2) is 7.43. The normalized spacial score (nSPS) is 12.5. The van der Waals surface area contributed by atoms with Gasteiger partial charge in [-0.2, -0.15) is 5.26 Å². The van der Waals surface area contributed by atoms with Crippen LogP contribution in [0.2, 0.25) is 0 Å². The summed E-state index contributed by atoms with van der Waals surface area (Å²) in [5.74, 6) is -0.573. The molecule has 0 aliphatic heterocycles. The van der Waals surface area contributed by atoms with Crippen molar-refractivity contribution in [3.63, 3.8) is 0 Å². The van der Waals surface area contributed by atoms with E-state index < -0.39 is 21.2 Å². The highest BCUT2D eigenvalue weighted by Crippen LogP contribution is 2.31. The lowest BCUT2D eigenvalue weighted by Crippen LogP contribution is -2.26. The molecule has 1 aromatic rings. The summed E-state index contributed by atoms with van der Waals surface area (Å²) in [5, 5.41) is 7.95. The standard InChI is InChI=1S/C13H18N2O4S2/c1-4-9-7-11(13(16)19-6-3)12(20-9)15-21(17,18)10(5-2)8-14/h7,10,15H,4-6H2,1-3H3. The minimum Gasteiger partial charge on any atom is -0.462 e. The van der Waals surface area contributed by atoms with Gasteiger partial charge in [-0.1, -0.05) is 13.8 Å². The number of nitrogens with zero attached hydrogens (tertiary/aromatic N) is 1. The number of esters is 1. The van der Waals surface area contributed by atoms with Crippen LogP contribution in [0.25, 0.3) is 0 Å². The lowest BCUT2D eigenvalue weighted by molar-refractivity contribution is 0.0528. The molecule has 0 spiro atoms. The van der Waals surface area contributed by atoms with Crippen molar-refractivity contribution in [2.45, 2.75) is 38.9 Å². The molecule has 1 aromatic heterocycles. The highest BCUT2D eigenvalue weighted by Gasteiger charge is 2.27. The summed E-state index contributed by atoms with van der Waals surface area (Å²) in [5.41, 5.74) is 0.190. The van der Waals surface area contributed by atoms with Gasteiger partial charge in [-0.3, -0.25) is 4.72 Å². The molecule has 0 bridgehead atoms. The van der Waals surface area contributed by atoms with Crippen molar-refractivity contribution in [1.29, 1.82) is 5.26 Å². The summed E-state index contributed by atoms with van der Waals surface area (Å²) in [6.07, 6.45) is 0.848. The monoisotopic (exact) mass is 330 g/mol. The molecule has 0 aliphatic carbocycles. The van der Waals surface area contributed by atoms with Crippen LogP contribution in [0, 0.1) is 11.3 Å². The minimum atomic E-state index is -3.85.